The van der Waals surface area contributed by atoms with E-state index in [4.69, 9.17) is 14.2 Å². The van der Waals surface area contributed by atoms with Crippen molar-refractivity contribution >= 4 is 11.6 Å². The summed E-state index contributed by atoms with van der Waals surface area (Å²) < 4.78 is 56.9. The maximum Gasteiger partial charge on any atom is 0.409 e. The summed E-state index contributed by atoms with van der Waals surface area (Å²) in [6.07, 6.45) is -1.40. The zero-order valence-electron chi connectivity index (χ0n) is 18.4. The molecule has 0 aliphatic rings. The number of rotatable bonds is 11. The highest BCUT2D eigenvalue weighted by Gasteiger charge is 2.44. The number of carbonyl (C=O) groups is 1. The molecule has 174 valence electrons. The van der Waals surface area contributed by atoms with E-state index in [1.54, 1.807) is 13.2 Å². The van der Waals surface area contributed by atoms with Crippen LogP contribution in [0, 0.1) is 0 Å². The SMILES string of the molecule is COc1ccc(COCC/C=C/CC(N(C(C)=O)c2ccc(OC)cc2)C(F)(F)F)cc1. The molecule has 1 unspecified atom stereocenters. The molecule has 0 radical (unpaired) electrons. The van der Waals surface area contributed by atoms with Crippen molar-refractivity contribution in [2.24, 2.45) is 0 Å². The molecule has 1 atom stereocenters. The molecule has 1 amide bonds. The van der Waals surface area contributed by atoms with Gasteiger partial charge in [0.1, 0.15) is 17.5 Å². The molecule has 0 saturated carbocycles. The Morgan fingerprint density at radius 2 is 1.53 bits per heavy atom. The molecule has 32 heavy (non-hydrogen) atoms. The van der Waals surface area contributed by atoms with Gasteiger partial charge in [0, 0.05) is 12.6 Å². The minimum absolute atomic E-state index is 0.164. The predicted octanol–water partition coefficient (Wildman–Crippen LogP) is 5.54. The number of halogens is 3. The van der Waals surface area contributed by atoms with Crippen molar-refractivity contribution in [2.45, 2.75) is 38.6 Å². The minimum atomic E-state index is -4.58. The van der Waals surface area contributed by atoms with Gasteiger partial charge in [0.05, 0.1) is 27.4 Å². The molecule has 0 heterocycles. The van der Waals surface area contributed by atoms with Gasteiger partial charge in [0.2, 0.25) is 5.91 Å². The Bertz CT molecular complexity index is 864. The lowest BCUT2D eigenvalue weighted by Crippen LogP contribution is -2.48. The van der Waals surface area contributed by atoms with E-state index in [9.17, 15) is 18.0 Å². The monoisotopic (exact) mass is 451 g/mol. The first-order valence-corrected chi connectivity index (χ1v) is 10.1. The van der Waals surface area contributed by atoms with Crippen LogP contribution >= 0.6 is 0 Å². The van der Waals surface area contributed by atoms with Crippen molar-refractivity contribution < 1.29 is 32.2 Å². The molecule has 2 aromatic rings. The number of ether oxygens (including phenoxy) is 3. The van der Waals surface area contributed by atoms with Crippen LogP contribution in [0.3, 0.4) is 0 Å². The van der Waals surface area contributed by atoms with Gasteiger partial charge in [-0.3, -0.25) is 4.79 Å². The Kier molecular flexibility index (Phi) is 9.59. The molecule has 0 aliphatic carbocycles. The van der Waals surface area contributed by atoms with Crippen molar-refractivity contribution in [1.29, 1.82) is 0 Å². The Balaban J connectivity index is 1.92. The number of anilines is 1. The van der Waals surface area contributed by atoms with Crippen LogP contribution in [0.15, 0.2) is 60.7 Å². The van der Waals surface area contributed by atoms with E-state index in [1.165, 1.54) is 37.5 Å². The van der Waals surface area contributed by atoms with Crippen LogP contribution in [0.5, 0.6) is 11.5 Å². The lowest BCUT2D eigenvalue weighted by Gasteiger charge is -2.32. The van der Waals surface area contributed by atoms with Crippen molar-refractivity contribution in [3.05, 3.63) is 66.2 Å². The molecule has 2 aromatic carbocycles. The fourth-order valence-electron chi connectivity index (χ4n) is 3.12. The maximum absolute atomic E-state index is 13.7. The lowest BCUT2D eigenvalue weighted by molar-refractivity contribution is -0.152. The van der Waals surface area contributed by atoms with E-state index in [0.29, 0.717) is 25.4 Å². The molecule has 0 aliphatic heterocycles. The minimum Gasteiger partial charge on any atom is -0.497 e. The van der Waals surface area contributed by atoms with Gasteiger partial charge in [-0.1, -0.05) is 24.3 Å². The summed E-state index contributed by atoms with van der Waals surface area (Å²) in [4.78, 5) is 12.8. The standard InChI is InChI=1S/C24H28F3NO4/c1-18(29)28(20-10-14-22(31-3)15-11-20)23(24(25,26)27)7-5-4-6-16-32-17-19-8-12-21(30-2)13-9-19/h4-5,8-15,23H,6-7,16-17H2,1-3H3/b5-4+. The third-order valence-electron chi connectivity index (χ3n) is 4.76. The van der Waals surface area contributed by atoms with E-state index in [1.807, 2.05) is 24.3 Å². The molecule has 0 aromatic heterocycles. The highest BCUT2D eigenvalue weighted by atomic mass is 19.4. The average Bonchev–Trinajstić information content (AvgIpc) is 2.77. The normalized spacial score (nSPS) is 12.6. The van der Waals surface area contributed by atoms with Crippen LogP contribution < -0.4 is 14.4 Å². The summed E-state index contributed by atoms with van der Waals surface area (Å²) in [6, 6.07) is 11.4. The first-order chi connectivity index (χ1) is 15.3. The Labute approximate surface area is 186 Å². The molecular weight excluding hydrogens is 423 g/mol. The third-order valence-corrected chi connectivity index (χ3v) is 4.76. The molecule has 2 rings (SSSR count). The number of carbonyl (C=O) groups excluding carboxylic acids is 1. The first kappa shape index (κ1) is 25.3. The van der Waals surface area contributed by atoms with Crippen LogP contribution in [0.4, 0.5) is 18.9 Å². The highest BCUT2D eigenvalue weighted by Crippen LogP contribution is 2.32. The Morgan fingerprint density at radius 3 is 2.03 bits per heavy atom. The summed E-state index contributed by atoms with van der Waals surface area (Å²) in [5.74, 6) is 0.564. The van der Waals surface area contributed by atoms with E-state index in [-0.39, 0.29) is 12.1 Å². The van der Waals surface area contributed by atoms with Gasteiger partial charge in [-0.25, -0.2) is 0 Å². The molecule has 0 spiro atoms. The molecule has 8 heteroatoms. The largest absolute Gasteiger partial charge is 0.497 e. The van der Waals surface area contributed by atoms with E-state index in [0.717, 1.165) is 23.1 Å². The summed E-state index contributed by atoms with van der Waals surface area (Å²) in [5.41, 5.74) is 1.14. The van der Waals surface area contributed by atoms with Crippen LogP contribution in [-0.4, -0.2) is 39.0 Å². The van der Waals surface area contributed by atoms with Gasteiger partial charge >= 0.3 is 6.18 Å². The van der Waals surface area contributed by atoms with Crippen molar-refractivity contribution in [2.75, 3.05) is 25.7 Å². The van der Waals surface area contributed by atoms with Gasteiger partial charge in [-0.05, 0) is 54.8 Å². The second kappa shape index (κ2) is 12.1. The number of nitrogens with zero attached hydrogens (tertiary/aromatic N) is 1. The number of hydrogen-bond donors (Lipinski definition) is 0. The number of benzene rings is 2. The number of amides is 1. The van der Waals surface area contributed by atoms with E-state index in [2.05, 4.69) is 0 Å². The zero-order chi connectivity index (χ0) is 23.6. The molecular formula is C24H28F3NO4. The summed E-state index contributed by atoms with van der Waals surface area (Å²) in [5, 5.41) is 0. The fraction of sp³-hybridized carbons (Fsp3) is 0.375. The molecule has 0 saturated heterocycles. The smallest absolute Gasteiger partial charge is 0.409 e. The van der Waals surface area contributed by atoms with E-state index < -0.39 is 18.1 Å². The van der Waals surface area contributed by atoms with Crippen LogP contribution in [0.2, 0.25) is 0 Å². The van der Waals surface area contributed by atoms with Crippen LogP contribution in [-0.2, 0) is 16.1 Å². The van der Waals surface area contributed by atoms with Gasteiger partial charge in [0.15, 0.2) is 0 Å². The lowest BCUT2D eigenvalue weighted by atomic mass is 10.1. The van der Waals surface area contributed by atoms with Crippen molar-refractivity contribution in [1.82, 2.24) is 0 Å². The molecule has 5 nitrogen and oxygen atoms in total. The zero-order valence-corrected chi connectivity index (χ0v) is 18.4. The Morgan fingerprint density at radius 1 is 0.969 bits per heavy atom. The molecule has 0 bridgehead atoms. The van der Waals surface area contributed by atoms with Crippen LogP contribution in [0.1, 0.15) is 25.3 Å². The number of alkyl halides is 3. The second-order valence-electron chi connectivity index (χ2n) is 7.04. The van der Waals surface area contributed by atoms with Crippen molar-refractivity contribution in [3.63, 3.8) is 0 Å². The van der Waals surface area contributed by atoms with Crippen LogP contribution in [0.25, 0.3) is 0 Å². The molecule has 0 fully saturated rings. The number of methoxy groups -OCH3 is 2. The topological polar surface area (TPSA) is 48.0 Å². The fourth-order valence-corrected chi connectivity index (χ4v) is 3.12. The predicted molar refractivity (Wildman–Crippen MR) is 117 cm³/mol. The van der Waals surface area contributed by atoms with Gasteiger partial charge < -0.3 is 19.1 Å². The highest BCUT2D eigenvalue weighted by molar-refractivity contribution is 5.92. The first-order valence-electron chi connectivity index (χ1n) is 10.1. The van der Waals surface area contributed by atoms with Crippen molar-refractivity contribution in [3.8, 4) is 11.5 Å². The van der Waals surface area contributed by atoms with Gasteiger partial charge in [0.25, 0.3) is 0 Å². The summed E-state index contributed by atoms with van der Waals surface area (Å²) in [6.45, 7) is 1.90. The molecule has 0 N–H and O–H groups in total. The maximum atomic E-state index is 13.7. The summed E-state index contributed by atoms with van der Waals surface area (Å²) in [7, 11) is 3.05. The average molecular weight is 451 g/mol. The summed E-state index contributed by atoms with van der Waals surface area (Å²) >= 11 is 0. The second-order valence-corrected chi connectivity index (χ2v) is 7.04. The van der Waals surface area contributed by atoms with E-state index >= 15 is 0 Å². The number of hydrogen-bond acceptors (Lipinski definition) is 4. The Hall–Kier alpha value is -3.00. The quantitative estimate of drug-likeness (QED) is 0.332. The third kappa shape index (κ3) is 7.60. The van der Waals surface area contributed by atoms with Gasteiger partial charge in [-0.2, -0.15) is 13.2 Å². The van der Waals surface area contributed by atoms with Gasteiger partial charge in [-0.15, -0.1) is 0 Å².